The average Bonchev–Trinajstić information content (AvgIpc) is 3.31. The zero-order valence-corrected chi connectivity index (χ0v) is 19.0. The fourth-order valence-corrected chi connectivity index (χ4v) is 4.35. The summed E-state index contributed by atoms with van der Waals surface area (Å²) in [6, 6.07) is 12.0. The second kappa shape index (κ2) is 10.2. The number of nitrogens with zero attached hydrogens (tertiary/aromatic N) is 3. The van der Waals surface area contributed by atoms with Gasteiger partial charge in [0.2, 0.25) is 11.8 Å². The second-order valence-electron chi connectivity index (χ2n) is 8.64. The lowest BCUT2D eigenvalue weighted by atomic mass is 9.87. The summed E-state index contributed by atoms with van der Waals surface area (Å²) < 4.78 is 31.7. The summed E-state index contributed by atoms with van der Waals surface area (Å²) in [6.45, 7) is -0.473. The molecule has 180 valence electrons. The quantitative estimate of drug-likeness (QED) is 0.397. The number of hydrogen-bond acceptors (Lipinski definition) is 5. The molecule has 0 saturated heterocycles. The first-order valence-corrected chi connectivity index (χ1v) is 11.7. The molecule has 3 heterocycles. The fraction of sp³-hybridized carbons (Fsp3) is 0.308. The molecule has 35 heavy (non-hydrogen) atoms. The lowest BCUT2D eigenvalue weighted by molar-refractivity contribution is -0.126. The number of halogens is 2. The largest absolute Gasteiger partial charge is 0.474 e. The molecule has 3 aromatic heterocycles. The van der Waals surface area contributed by atoms with Crippen molar-refractivity contribution in [2.75, 3.05) is 13.2 Å². The zero-order valence-electron chi connectivity index (χ0n) is 19.0. The Kier molecular flexibility index (Phi) is 6.65. The molecule has 1 aliphatic carbocycles. The zero-order chi connectivity index (χ0) is 24.2. The van der Waals surface area contributed by atoms with Crippen LogP contribution in [0.2, 0.25) is 0 Å². The maximum atomic E-state index is 13.4. The van der Waals surface area contributed by atoms with Crippen LogP contribution in [-0.4, -0.2) is 45.2 Å². The minimum absolute atomic E-state index is 0.00766. The molecular formula is C26H25F2N5O2. The smallest absolute Gasteiger partial charge is 0.223 e. The number of ether oxygens (including phenoxy) is 1. The van der Waals surface area contributed by atoms with Gasteiger partial charge in [-0.2, -0.15) is 0 Å². The van der Waals surface area contributed by atoms with E-state index in [-0.39, 0.29) is 30.3 Å². The van der Waals surface area contributed by atoms with Crippen molar-refractivity contribution < 1.29 is 18.3 Å². The SMILES string of the molecule is O=C(NCCF)[C@H]1CC[C@@H](Oc2ccc(-c3ccc(-c4nc5cc(F)ccc5[nH]4)cn3)cn2)CC1. The molecule has 5 rings (SSSR count). The van der Waals surface area contributed by atoms with Crippen LogP contribution >= 0.6 is 0 Å². The summed E-state index contributed by atoms with van der Waals surface area (Å²) in [5.74, 6) is 0.684. The fourth-order valence-electron chi connectivity index (χ4n) is 4.35. The normalized spacial score (nSPS) is 17.9. The van der Waals surface area contributed by atoms with Gasteiger partial charge in [-0.3, -0.25) is 9.78 Å². The summed E-state index contributed by atoms with van der Waals surface area (Å²) in [7, 11) is 0. The number of benzene rings is 1. The number of aromatic amines is 1. The third-order valence-electron chi connectivity index (χ3n) is 6.24. The highest BCUT2D eigenvalue weighted by Gasteiger charge is 2.27. The average molecular weight is 478 g/mol. The van der Waals surface area contributed by atoms with Crippen molar-refractivity contribution in [3.8, 4) is 28.5 Å². The molecule has 0 unspecified atom stereocenters. The first-order valence-electron chi connectivity index (χ1n) is 11.7. The Hall–Kier alpha value is -3.88. The van der Waals surface area contributed by atoms with Gasteiger partial charge in [0.25, 0.3) is 0 Å². The van der Waals surface area contributed by atoms with Crippen LogP contribution < -0.4 is 10.1 Å². The van der Waals surface area contributed by atoms with Gasteiger partial charge < -0.3 is 15.0 Å². The Morgan fingerprint density at radius 2 is 1.83 bits per heavy atom. The van der Waals surface area contributed by atoms with Crippen LogP contribution in [0.4, 0.5) is 8.78 Å². The lowest BCUT2D eigenvalue weighted by Gasteiger charge is -2.27. The van der Waals surface area contributed by atoms with Gasteiger partial charge in [-0.25, -0.2) is 18.7 Å². The van der Waals surface area contributed by atoms with E-state index < -0.39 is 6.67 Å². The summed E-state index contributed by atoms with van der Waals surface area (Å²) in [5.41, 5.74) is 3.74. The van der Waals surface area contributed by atoms with Gasteiger partial charge in [-0.05, 0) is 56.0 Å². The van der Waals surface area contributed by atoms with Gasteiger partial charge in [0, 0.05) is 48.1 Å². The summed E-state index contributed by atoms with van der Waals surface area (Å²) in [6.07, 6.45) is 6.40. The summed E-state index contributed by atoms with van der Waals surface area (Å²) >= 11 is 0. The molecule has 0 aliphatic heterocycles. The van der Waals surface area contributed by atoms with E-state index >= 15 is 0 Å². The molecule has 9 heteroatoms. The predicted molar refractivity (Wildman–Crippen MR) is 128 cm³/mol. The molecule has 1 aromatic carbocycles. The number of pyridine rings is 2. The number of fused-ring (bicyclic) bond motifs is 1. The molecule has 0 radical (unpaired) electrons. The minimum Gasteiger partial charge on any atom is -0.474 e. The van der Waals surface area contributed by atoms with Crippen LogP contribution in [0, 0.1) is 11.7 Å². The van der Waals surface area contributed by atoms with Gasteiger partial charge in [0.05, 0.1) is 16.7 Å². The monoisotopic (exact) mass is 477 g/mol. The van der Waals surface area contributed by atoms with Crippen LogP contribution in [0.1, 0.15) is 25.7 Å². The predicted octanol–water partition coefficient (Wildman–Crippen LogP) is 4.85. The van der Waals surface area contributed by atoms with Crippen LogP contribution in [0.5, 0.6) is 5.88 Å². The number of nitrogens with one attached hydrogen (secondary N) is 2. The molecule has 2 N–H and O–H groups in total. The number of carbonyl (C=O) groups excluding carboxylic acids is 1. The van der Waals surface area contributed by atoms with E-state index in [1.807, 2.05) is 24.3 Å². The van der Waals surface area contributed by atoms with E-state index in [1.54, 1.807) is 18.5 Å². The van der Waals surface area contributed by atoms with Crippen LogP contribution in [0.25, 0.3) is 33.7 Å². The van der Waals surface area contributed by atoms with Crippen molar-refractivity contribution in [3.05, 3.63) is 60.7 Å². The Labute approximate surface area is 201 Å². The number of imidazole rings is 1. The summed E-state index contributed by atoms with van der Waals surface area (Å²) in [5, 5.41) is 2.62. The third-order valence-corrected chi connectivity index (χ3v) is 6.24. The number of rotatable bonds is 7. The third kappa shape index (κ3) is 5.29. The molecule has 1 amide bonds. The highest BCUT2D eigenvalue weighted by molar-refractivity contribution is 5.79. The topological polar surface area (TPSA) is 92.8 Å². The molecular weight excluding hydrogens is 452 g/mol. The standard InChI is InChI=1S/C26H25F2N5O2/c27-11-12-29-26(34)16-1-6-20(7-2-16)35-24-10-4-17(14-31-24)21-8-3-18(15-30-21)25-32-22-9-5-19(28)13-23(22)33-25/h3-5,8-10,13-16,20H,1-2,6-7,11-12H2,(H,29,34)(H,32,33)/t16-,20+. The van der Waals surface area contributed by atoms with E-state index in [4.69, 9.17) is 4.74 Å². The van der Waals surface area contributed by atoms with Gasteiger partial charge in [0.1, 0.15) is 24.4 Å². The maximum Gasteiger partial charge on any atom is 0.223 e. The van der Waals surface area contributed by atoms with Crippen molar-refractivity contribution in [1.29, 1.82) is 0 Å². The number of alkyl halides is 1. The minimum atomic E-state index is -0.547. The first kappa shape index (κ1) is 22.9. The highest BCUT2D eigenvalue weighted by Crippen LogP contribution is 2.28. The lowest BCUT2D eigenvalue weighted by Crippen LogP contribution is -2.36. The van der Waals surface area contributed by atoms with Gasteiger partial charge in [-0.1, -0.05) is 0 Å². The molecule has 1 aliphatic rings. The number of amides is 1. The number of carbonyl (C=O) groups is 1. The van der Waals surface area contributed by atoms with Crippen LogP contribution in [0.15, 0.2) is 54.9 Å². The Morgan fingerprint density at radius 3 is 2.54 bits per heavy atom. The second-order valence-corrected chi connectivity index (χ2v) is 8.64. The van der Waals surface area contributed by atoms with Gasteiger partial charge in [-0.15, -0.1) is 0 Å². The van der Waals surface area contributed by atoms with Crippen LogP contribution in [-0.2, 0) is 4.79 Å². The highest BCUT2D eigenvalue weighted by atomic mass is 19.1. The van der Waals surface area contributed by atoms with Gasteiger partial charge in [0.15, 0.2) is 0 Å². The van der Waals surface area contributed by atoms with E-state index in [9.17, 15) is 13.6 Å². The van der Waals surface area contributed by atoms with Crippen molar-refractivity contribution in [2.24, 2.45) is 5.92 Å². The summed E-state index contributed by atoms with van der Waals surface area (Å²) in [4.78, 5) is 28.6. The Bertz CT molecular complexity index is 1300. The van der Waals surface area contributed by atoms with E-state index in [0.29, 0.717) is 17.2 Å². The van der Waals surface area contributed by atoms with E-state index in [2.05, 4.69) is 25.3 Å². The molecule has 1 saturated carbocycles. The van der Waals surface area contributed by atoms with Crippen molar-refractivity contribution in [1.82, 2.24) is 25.3 Å². The number of hydrogen-bond donors (Lipinski definition) is 2. The van der Waals surface area contributed by atoms with Crippen molar-refractivity contribution in [2.45, 2.75) is 31.8 Å². The molecule has 0 bridgehead atoms. The van der Waals surface area contributed by atoms with Crippen molar-refractivity contribution in [3.63, 3.8) is 0 Å². The Morgan fingerprint density at radius 1 is 1.03 bits per heavy atom. The van der Waals surface area contributed by atoms with Crippen molar-refractivity contribution >= 4 is 16.9 Å². The Balaban J connectivity index is 1.19. The molecule has 7 nitrogen and oxygen atoms in total. The molecule has 0 spiro atoms. The van der Waals surface area contributed by atoms with E-state index in [0.717, 1.165) is 48.0 Å². The number of H-pyrrole nitrogens is 1. The van der Waals surface area contributed by atoms with Gasteiger partial charge >= 0.3 is 0 Å². The molecule has 1 fully saturated rings. The van der Waals surface area contributed by atoms with E-state index in [1.165, 1.54) is 12.1 Å². The first-order chi connectivity index (χ1) is 17.1. The molecule has 0 atom stereocenters. The number of aromatic nitrogens is 4. The maximum absolute atomic E-state index is 13.4. The molecule has 4 aromatic rings. The van der Waals surface area contributed by atoms with Crippen LogP contribution in [0.3, 0.4) is 0 Å².